The van der Waals surface area contributed by atoms with E-state index in [1.165, 1.54) is 13.2 Å². The minimum atomic E-state index is -0.792. The van der Waals surface area contributed by atoms with Crippen molar-refractivity contribution in [3.05, 3.63) is 52.6 Å². The van der Waals surface area contributed by atoms with Crippen LogP contribution in [0.2, 0.25) is 0 Å². The Morgan fingerprint density at radius 3 is 2.21 bits per heavy atom. The van der Waals surface area contributed by atoms with E-state index in [9.17, 15) is 8.78 Å². The number of methoxy groups -OCH3 is 1. The highest BCUT2D eigenvalue weighted by atomic mass is 19.1. The number of benzene rings is 2. The quantitative estimate of drug-likeness (QED) is 0.709. The second kappa shape index (κ2) is 4.09. The molecule has 0 amide bonds. The van der Waals surface area contributed by atoms with Crippen molar-refractivity contribution in [3.8, 4) is 16.9 Å². The summed E-state index contributed by atoms with van der Waals surface area (Å²) in [5, 5.41) is 0. The largest absolute Gasteiger partial charge is 0.494 e. The number of hydrogen-bond acceptors (Lipinski definition) is 1. The van der Waals surface area contributed by atoms with Gasteiger partial charge in [0.2, 0.25) is 0 Å². The van der Waals surface area contributed by atoms with Crippen molar-refractivity contribution in [3.63, 3.8) is 0 Å². The van der Waals surface area contributed by atoms with Crippen molar-refractivity contribution < 1.29 is 13.5 Å². The highest BCUT2D eigenvalue weighted by Crippen LogP contribution is 2.47. The summed E-state index contributed by atoms with van der Waals surface area (Å²) in [6, 6.07) is 6.72. The predicted octanol–water partition coefficient (Wildman–Crippen LogP) is 3.52. The molecular formula is C15H11BF2O. The molecule has 0 saturated carbocycles. The molecule has 0 heterocycles. The first-order chi connectivity index (χ1) is 9.06. The normalized spacial score (nSPS) is 16.1. The van der Waals surface area contributed by atoms with Gasteiger partial charge in [-0.3, -0.25) is 0 Å². The lowest BCUT2D eigenvalue weighted by Crippen LogP contribution is -2.03. The standard InChI is InChI=1S/C15H11BF2O/c1-7-3-4-8-9-5-6-10(19-2)15(18)12(9)13(16)11(8)14(7)17/h3-6,13H,1-2H3. The molecule has 2 aromatic carbocycles. The number of aryl methyl sites for hydroxylation is 1. The molecule has 0 aromatic heterocycles. The van der Waals surface area contributed by atoms with Gasteiger partial charge in [-0.2, -0.15) is 0 Å². The van der Waals surface area contributed by atoms with Crippen LogP contribution in [0.25, 0.3) is 11.1 Å². The maximum absolute atomic E-state index is 14.3. The molecule has 1 aliphatic carbocycles. The van der Waals surface area contributed by atoms with E-state index in [0.29, 0.717) is 27.8 Å². The summed E-state index contributed by atoms with van der Waals surface area (Å²) in [6.07, 6.45) is 0. The maximum atomic E-state index is 14.3. The van der Waals surface area contributed by atoms with Gasteiger partial charge >= 0.3 is 0 Å². The zero-order chi connectivity index (χ0) is 13.7. The minimum absolute atomic E-state index is 0.124. The zero-order valence-electron chi connectivity index (χ0n) is 10.6. The molecule has 4 heteroatoms. The molecule has 94 valence electrons. The molecule has 0 N–H and O–H groups in total. The fraction of sp³-hybridized carbons (Fsp3) is 0.200. The third kappa shape index (κ3) is 1.52. The fourth-order valence-electron chi connectivity index (χ4n) is 2.65. The number of hydrogen-bond donors (Lipinski definition) is 0. The van der Waals surface area contributed by atoms with Crippen molar-refractivity contribution in [2.24, 2.45) is 0 Å². The Balaban J connectivity index is 2.33. The van der Waals surface area contributed by atoms with E-state index in [-0.39, 0.29) is 11.6 Å². The molecule has 1 nitrogen and oxygen atoms in total. The first-order valence-corrected chi connectivity index (χ1v) is 5.97. The van der Waals surface area contributed by atoms with Gasteiger partial charge < -0.3 is 4.74 Å². The van der Waals surface area contributed by atoms with E-state index in [2.05, 4.69) is 0 Å². The van der Waals surface area contributed by atoms with Gasteiger partial charge in [-0.15, -0.1) is 0 Å². The lowest BCUT2D eigenvalue weighted by Gasteiger charge is -2.11. The molecule has 0 spiro atoms. The molecule has 0 aliphatic heterocycles. The summed E-state index contributed by atoms with van der Waals surface area (Å²) in [4.78, 5) is 0. The molecule has 0 bridgehead atoms. The maximum Gasteiger partial charge on any atom is 0.168 e. The van der Waals surface area contributed by atoms with E-state index in [0.717, 1.165) is 0 Å². The second-order valence-electron chi connectivity index (χ2n) is 4.68. The van der Waals surface area contributed by atoms with Crippen molar-refractivity contribution in [2.75, 3.05) is 7.11 Å². The van der Waals surface area contributed by atoms with E-state index >= 15 is 0 Å². The van der Waals surface area contributed by atoms with E-state index in [4.69, 9.17) is 12.6 Å². The Morgan fingerprint density at radius 1 is 1.00 bits per heavy atom. The summed E-state index contributed by atoms with van der Waals surface area (Å²) in [5.41, 5.74) is 2.47. The molecule has 1 atom stereocenters. The van der Waals surface area contributed by atoms with Gasteiger partial charge in [0.15, 0.2) is 11.6 Å². The fourth-order valence-corrected chi connectivity index (χ4v) is 2.65. The smallest absolute Gasteiger partial charge is 0.168 e. The van der Waals surface area contributed by atoms with Gasteiger partial charge in [-0.25, -0.2) is 8.78 Å². The Bertz CT molecular complexity index is 682. The van der Waals surface area contributed by atoms with Crippen LogP contribution in [0, 0.1) is 18.6 Å². The summed E-state index contributed by atoms with van der Waals surface area (Å²) in [7, 11) is 7.41. The van der Waals surface area contributed by atoms with Crippen molar-refractivity contribution >= 4 is 7.85 Å². The minimum Gasteiger partial charge on any atom is -0.494 e. The monoisotopic (exact) mass is 256 g/mol. The number of halogens is 2. The van der Waals surface area contributed by atoms with Gasteiger partial charge in [0.1, 0.15) is 5.82 Å². The summed E-state index contributed by atoms with van der Waals surface area (Å²) in [6.45, 7) is 1.67. The summed E-state index contributed by atoms with van der Waals surface area (Å²) < 4.78 is 33.4. The molecule has 0 fully saturated rings. The Labute approximate surface area is 111 Å². The SMILES string of the molecule is [B]C1c2c(ccc(C)c2F)-c2ccc(OC)c(F)c21. The highest BCUT2D eigenvalue weighted by Gasteiger charge is 2.32. The van der Waals surface area contributed by atoms with Crippen LogP contribution in [0.1, 0.15) is 22.5 Å². The van der Waals surface area contributed by atoms with Crippen LogP contribution in [-0.4, -0.2) is 15.0 Å². The van der Waals surface area contributed by atoms with E-state index in [1.54, 1.807) is 25.1 Å². The van der Waals surface area contributed by atoms with Crippen LogP contribution in [0.5, 0.6) is 5.75 Å². The number of ether oxygens (including phenoxy) is 1. The van der Waals surface area contributed by atoms with Crippen LogP contribution < -0.4 is 4.74 Å². The predicted molar refractivity (Wildman–Crippen MR) is 70.7 cm³/mol. The van der Waals surface area contributed by atoms with Crippen LogP contribution in [0.15, 0.2) is 24.3 Å². The van der Waals surface area contributed by atoms with Crippen LogP contribution in [0.3, 0.4) is 0 Å². The van der Waals surface area contributed by atoms with Gasteiger partial charge in [0.25, 0.3) is 0 Å². The lowest BCUT2D eigenvalue weighted by atomic mass is 9.78. The van der Waals surface area contributed by atoms with Gasteiger partial charge in [0, 0.05) is 0 Å². The molecular weight excluding hydrogens is 245 g/mol. The highest BCUT2D eigenvalue weighted by molar-refractivity contribution is 6.17. The van der Waals surface area contributed by atoms with Crippen LogP contribution in [-0.2, 0) is 0 Å². The third-order valence-electron chi connectivity index (χ3n) is 3.65. The Kier molecular flexibility index (Phi) is 2.63. The topological polar surface area (TPSA) is 9.23 Å². The molecule has 2 radical (unpaired) electrons. The average Bonchev–Trinajstić information content (AvgIpc) is 2.69. The van der Waals surface area contributed by atoms with Gasteiger partial charge in [-0.1, -0.05) is 18.2 Å². The lowest BCUT2D eigenvalue weighted by molar-refractivity contribution is 0.384. The van der Waals surface area contributed by atoms with Gasteiger partial charge in [-0.05, 0) is 46.6 Å². The average molecular weight is 256 g/mol. The van der Waals surface area contributed by atoms with Gasteiger partial charge in [0.05, 0.1) is 15.0 Å². The molecule has 3 rings (SSSR count). The second-order valence-corrected chi connectivity index (χ2v) is 4.68. The van der Waals surface area contributed by atoms with E-state index in [1.807, 2.05) is 0 Å². The Morgan fingerprint density at radius 2 is 1.58 bits per heavy atom. The Hall–Kier alpha value is -1.84. The zero-order valence-corrected chi connectivity index (χ0v) is 10.6. The summed E-state index contributed by atoms with van der Waals surface area (Å²) in [5.74, 6) is -1.54. The molecule has 1 unspecified atom stereocenters. The van der Waals surface area contributed by atoms with Crippen molar-refractivity contribution in [1.82, 2.24) is 0 Å². The molecule has 0 saturated heterocycles. The van der Waals surface area contributed by atoms with Crippen LogP contribution in [0.4, 0.5) is 8.78 Å². The molecule has 19 heavy (non-hydrogen) atoms. The molecule has 2 aromatic rings. The van der Waals surface area contributed by atoms with Crippen molar-refractivity contribution in [1.29, 1.82) is 0 Å². The summed E-state index contributed by atoms with van der Waals surface area (Å²) >= 11 is 0. The van der Waals surface area contributed by atoms with Crippen LogP contribution >= 0.6 is 0 Å². The first kappa shape index (κ1) is 12.2. The first-order valence-electron chi connectivity index (χ1n) is 5.97. The number of rotatable bonds is 1. The van der Waals surface area contributed by atoms with E-state index < -0.39 is 11.6 Å². The third-order valence-corrected chi connectivity index (χ3v) is 3.65. The molecule has 1 aliphatic rings. The number of fused-ring (bicyclic) bond motifs is 3. The van der Waals surface area contributed by atoms with Crippen molar-refractivity contribution in [2.45, 2.75) is 12.7 Å².